The largest absolute Gasteiger partial charge is 0.466 e. The molecule has 0 amide bonds. The minimum Gasteiger partial charge on any atom is -0.466 e. The normalized spacial score (nSPS) is 16.5. The van der Waals surface area contributed by atoms with Gasteiger partial charge in [-0.25, -0.2) is 21.2 Å². The quantitative estimate of drug-likeness (QED) is 0.0617. The van der Waals surface area contributed by atoms with Crippen molar-refractivity contribution in [3.8, 4) is 17.0 Å². The standard InChI is InChI=1S/C44H49F2N3O7S2/c1-5-55-41(51)17-14-30-9-6-10-31(25-30)39(50)20-24-54-28-43(2,3)29-57-27-32-11-7-12-38-34(32)19-23-49(38)58(52,53)44(4)21-8-13-40(42(44)46)56-33-15-16-36(45)35(26-33)37-18-22-47-48-37/h6-13,15-16,18-19,22-23,25-26,39,50H,5,14,17,20-21,24,27-29H2,1-4H3,(H,47,48). The number of rotatable bonds is 19. The molecular weight excluding hydrogens is 785 g/mol. The minimum atomic E-state index is -4.36. The number of nitrogens with zero attached hydrogens (tertiary/aromatic N) is 2. The maximum absolute atomic E-state index is 16.4. The number of aromatic nitrogens is 3. The highest BCUT2D eigenvalue weighted by molar-refractivity contribution is 7.98. The smallest absolute Gasteiger partial charge is 0.306 e. The van der Waals surface area contributed by atoms with Gasteiger partial charge in [0, 0.05) is 54.3 Å². The van der Waals surface area contributed by atoms with E-state index in [0.29, 0.717) is 56.0 Å². The van der Waals surface area contributed by atoms with Crippen molar-refractivity contribution in [3.05, 3.63) is 131 Å². The second-order valence-corrected chi connectivity index (χ2v) is 18.5. The molecule has 14 heteroatoms. The topological polar surface area (TPSA) is 133 Å². The molecule has 0 bridgehead atoms. The third-order valence-electron chi connectivity index (χ3n) is 10.1. The van der Waals surface area contributed by atoms with E-state index in [0.717, 1.165) is 31.8 Å². The number of carbonyl (C=O) groups excluding carboxylic acids is 1. The number of hydrogen-bond donors (Lipinski definition) is 2. The van der Waals surface area contributed by atoms with Crippen molar-refractivity contribution in [1.82, 2.24) is 14.2 Å². The molecule has 308 valence electrons. The predicted octanol–water partition coefficient (Wildman–Crippen LogP) is 9.22. The molecule has 5 aromatic rings. The molecule has 2 aromatic heterocycles. The first-order valence-corrected chi connectivity index (χ1v) is 21.8. The molecule has 10 nitrogen and oxygen atoms in total. The van der Waals surface area contributed by atoms with E-state index in [4.69, 9.17) is 14.2 Å². The second kappa shape index (κ2) is 18.4. The second-order valence-electron chi connectivity index (χ2n) is 15.3. The lowest BCUT2D eigenvalue weighted by Crippen LogP contribution is -2.41. The molecule has 2 heterocycles. The SMILES string of the molecule is CCOC(=O)CCc1cccc(C(O)CCOCC(C)(C)CSCc2cccc3c2ccn3S(=O)(=O)C2(C)CC=CC(Oc3ccc(F)c(-c4ccn[nH]4)c3)=C2F)c1. The van der Waals surface area contributed by atoms with Gasteiger partial charge in [-0.05, 0) is 91.3 Å². The van der Waals surface area contributed by atoms with E-state index >= 15 is 4.39 Å². The number of halogens is 2. The Bertz CT molecular complexity index is 2390. The molecule has 0 aliphatic heterocycles. The fourth-order valence-electron chi connectivity index (χ4n) is 6.80. The summed E-state index contributed by atoms with van der Waals surface area (Å²) in [5.41, 5.74) is 3.52. The molecule has 0 radical (unpaired) electrons. The van der Waals surface area contributed by atoms with Gasteiger partial charge in [-0.15, -0.1) is 0 Å². The predicted molar refractivity (Wildman–Crippen MR) is 223 cm³/mol. The first kappa shape index (κ1) is 42.8. The molecule has 2 atom stereocenters. The van der Waals surface area contributed by atoms with Gasteiger partial charge in [0.15, 0.2) is 11.6 Å². The number of aromatic amines is 1. The van der Waals surface area contributed by atoms with Crippen molar-refractivity contribution in [2.24, 2.45) is 5.41 Å². The van der Waals surface area contributed by atoms with Gasteiger partial charge in [0.05, 0.1) is 30.5 Å². The van der Waals surface area contributed by atoms with Crippen molar-refractivity contribution in [3.63, 3.8) is 0 Å². The average Bonchev–Trinajstić information content (AvgIpc) is 3.90. The summed E-state index contributed by atoms with van der Waals surface area (Å²) in [6.07, 6.45) is 6.35. The van der Waals surface area contributed by atoms with Gasteiger partial charge in [0.25, 0.3) is 10.0 Å². The average molecular weight is 834 g/mol. The Morgan fingerprint density at radius 3 is 2.69 bits per heavy atom. The highest BCUT2D eigenvalue weighted by atomic mass is 32.2. The number of nitrogens with one attached hydrogen (secondary N) is 1. The summed E-state index contributed by atoms with van der Waals surface area (Å²) in [5.74, 6) is -0.490. The lowest BCUT2D eigenvalue weighted by molar-refractivity contribution is -0.143. The summed E-state index contributed by atoms with van der Waals surface area (Å²) in [7, 11) is -4.36. The summed E-state index contributed by atoms with van der Waals surface area (Å²) in [6, 6.07) is 20.3. The molecule has 2 N–H and O–H groups in total. The minimum absolute atomic E-state index is 0.117. The number of thioether (sulfide) groups is 1. The zero-order valence-corrected chi connectivity index (χ0v) is 34.7. The van der Waals surface area contributed by atoms with Gasteiger partial charge >= 0.3 is 5.97 Å². The molecule has 0 saturated carbocycles. The number of hydrogen-bond acceptors (Lipinski definition) is 9. The van der Waals surface area contributed by atoms with Gasteiger partial charge in [-0.2, -0.15) is 16.9 Å². The highest BCUT2D eigenvalue weighted by Crippen LogP contribution is 2.41. The maximum Gasteiger partial charge on any atom is 0.306 e. The van der Waals surface area contributed by atoms with E-state index in [1.807, 2.05) is 30.3 Å². The number of aliphatic hydroxyl groups is 1. The molecule has 3 aromatic carbocycles. The van der Waals surface area contributed by atoms with Gasteiger partial charge in [-0.3, -0.25) is 9.89 Å². The lowest BCUT2D eigenvalue weighted by Gasteiger charge is -2.30. The molecule has 2 unspecified atom stereocenters. The zero-order valence-electron chi connectivity index (χ0n) is 33.0. The first-order valence-electron chi connectivity index (χ1n) is 19.2. The number of ether oxygens (including phenoxy) is 3. The Morgan fingerprint density at radius 1 is 1.10 bits per heavy atom. The molecule has 1 aliphatic carbocycles. The van der Waals surface area contributed by atoms with E-state index < -0.39 is 32.5 Å². The van der Waals surface area contributed by atoms with Crippen molar-refractivity contribution >= 4 is 38.7 Å². The molecule has 0 saturated heterocycles. The summed E-state index contributed by atoms with van der Waals surface area (Å²) in [4.78, 5) is 11.7. The Hall–Kier alpha value is -4.76. The lowest BCUT2D eigenvalue weighted by atomic mass is 9.98. The van der Waals surface area contributed by atoms with Crippen molar-refractivity contribution in [2.75, 3.05) is 25.6 Å². The van der Waals surface area contributed by atoms with Gasteiger partial charge in [0.1, 0.15) is 16.3 Å². The number of carbonyl (C=O) groups is 1. The Balaban J connectivity index is 1.05. The van der Waals surface area contributed by atoms with Crippen LogP contribution in [0.4, 0.5) is 8.78 Å². The van der Waals surface area contributed by atoms with E-state index in [-0.39, 0.29) is 34.9 Å². The van der Waals surface area contributed by atoms with Crippen LogP contribution >= 0.6 is 11.8 Å². The van der Waals surface area contributed by atoms with Gasteiger partial charge < -0.3 is 19.3 Å². The fourth-order valence-corrected chi connectivity index (χ4v) is 9.72. The number of allylic oxidation sites excluding steroid dienone is 2. The van der Waals surface area contributed by atoms with Crippen LogP contribution in [0.15, 0.2) is 109 Å². The molecule has 58 heavy (non-hydrogen) atoms. The van der Waals surface area contributed by atoms with Crippen molar-refractivity contribution < 1.29 is 41.3 Å². The summed E-state index contributed by atoms with van der Waals surface area (Å²) >= 11 is 1.70. The maximum atomic E-state index is 16.4. The molecule has 1 aliphatic rings. The fraction of sp³-hybridized carbons (Fsp3) is 0.364. The summed E-state index contributed by atoms with van der Waals surface area (Å²) in [5, 5.41) is 18.1. The Labute approximate surface area is 342 Å². The highest BCUT2D eigenvalue weighted by Gasteiger charge is 2.48. The van der Waals surface area contributed by atoms with E-state index in [2.05, 4.69) is 24.0 Å². The molecule has 6 rings (SSSR count). The number of H-pyrrole nitrogens is 1. The van der Waals surface area contributed by atoms with E-state index in [1.165, 1.54) is 43.6 Å². The van der Waals surface area contributed by atoms with E-state index in [9.17, 15) is 22.7 Å². The van der Waals surface area contributed by atoms with Crippen LogP contribution < -0.4 is 4.74 Å². The number of fused-ring (bicyclic) bond motifs is 1. The number of esters is 1. The van der Waals surface area contributed by atoms with Gasteiger partial charge in [0.2, 0.25) is 0 Å². The van der Waals surface area contributed by atoms with Crippen molar-refractivity contribution in [2.45, 2.75) is 70.0 Å². The number of aryl methyl sites for hydroxylation is 1. The van der Waals surface area contributed by atoms with Crippen LogP contribution in [0.25, 0.3) is 22.2 Å². The molecule has 0 spiro atoms. The number of aliphatic hydroxyl groups excluding tert-OH is 1. The zero-order chi connectivity index (χ0) is 41.5. The van der Waals surface area contributed by atoms with Gasteiger partial charge in [-0.1, -0.05) is 56.3 Å². The molecule has 0 fully saturated rings. The summed E-state index contributed by atoms with van der Waals surface area (Å²) in [6.45, 7) is 8.56. The van der Waals surface area contributed by atoms with Crippen LogP contribution in [0.1, 0.15) is 69.8 Å². The first-order chi connectivity index (χ1) is 27.7. The van der Waals surface area contributed by atoms with Crippen LogP contribution in [0.5, 0.6) is 5.75 Å². The third kappa shape index (κ3) is 9.74. The monoisotopic (exact) mass is 833 g/mol. The van der Waals surface area contributed by atoms with Crippen LogP contribution in [0.2, 0.25) is 0 Å². The van der Waals surface area contributed by atoms with E-state index in [1.54, 1.807) is 49.0 Å². The van der Waals surface area contributed by atoms with Crippen LogP contribution in [-0.4, -0.2) is 64.0 Å². The van der Waals surface area contributed by atoms with Crippen LogP contribution in [0.3, 0.4) is 0 Å². The molecular formula is C44H49F2N3O7S2. The van der Waals surface area contributed by atoms with Crippen LogP contribution in [-0.2, 0) is 36.5 Å². The Morgan fingerprint density at radius 2 is 1.91 bits per heavy atom. The Kier molecular flexibility index (Phi) is 13.6. The van der Waals surface area contributed by atoms with Crippen molar-refractivity contribution in [1.29, 1.82) is 0 Å². The van der Waals surface area contributed by atoms with Crippen LogP contribution in [0, 0.1) is 11.2 Å². The third-order valence-corrected chi connectivity index (χ3v) is 13.9. The summed E-state index contributed by atoms with van der Waals surface area (Å²) < 4.78 is 75.6. The number of benzene rings is 3.